The van der Waals surface area contributed by atoms with E-state index in [0.29, 0.717) is 24.4 Å². The molecule has 21 heavy (non-hydrogen) atoms. The number of hydrogen-bond donors (Lipinski definition) is 1. The maximum Gasteiger partial charge on any atom is 0.246 e. The molecule has 0 amide bonds. The molecule has 0 saturated carbocycles. The normalized spacial score (nSPS) is 16.7. The Morgan fingerprint density at radius 1 is 1.48 bits per heavy atom. The summed E-state index contributed by atoms with van der Waals surface area (Å²) in [4.78, 5) is 10.7. The maximum absolute atomic E-state index is 5.66. The smallest absolute Gasteiger partial charge is 0.246 e. The Bertz CT molecular complexity index is 444. The van der Waals surface area contributed by atoms with Crippen molar-refractivity contribution in [2.75, 3.05) is 26.7 Å². The number of ether oxygens (including phenoxy) is 1. The Kier molecular flexibility index (Phi) is 7.94. The second-order valence-corrected chi connectivity index (χ2v) is 4.78. The van der Waals surface area contributed by atoms with Crippen molar-refractivity contribution in [3.05, 3.63) is 11.7 Å². The first-order valence-corrected chi connectivity index (χ1v) is 7.09. The predicted octanol–water partition coefficient (Wildman–Crippen LogP) is 1.57. The van der Waals surface area contributed by atoms with E-state index in [4.69, 9.17) is 9.26 Å². The minimum atomic E-state index is 0. The zero-order chi connectivity index (χ0) is 14.4. The molecule has 2 rings (SSSR count). The molecule has 0 bridgehead atoms. The summed E-state index contributed by atoms with van der Waals surface area (Å²) >= 11 is 0. The van der Waals surface area contributed by atoms with Crippen LogP contribution in [0.15, 0.2) is 9.52 Å². The molecule has 1 aliphatic rings. The highest BCUT2D eigenvalue weighted by molar-refractivity contribution is 14.0. The number of likely N-dealkylation sites (tertiary alicyclic amines) is 1. The van der Waals surface area contributed by atoms with Crippen molar-refractivity contribution in [2.45, 2.75) is 39.3 Å². The van der Waals surface area contributed by atoms with Gasteiger partial charge in [0.2, 0.25) is 5.89 Å². The molecule has 1 aromatic rings. The van der Waals surface area contributed by atoms with Crippen LogP contribution in [0.2, 0.25) is 0 Å². The van der Waals surface area contributed by atoms with Crippen LogP contribution in [0.1, 0.15) is 31.5 Å². The number of aromatic nitrogens is 2. The molecule has 7 nitrogen and oxygen atoms in total. The first-order valence-electron chi connectivity index (χ1n) is 7.09. The number of nitrogens with one attached hydrogen (secondary N) is 1. The summed E-state index contributed by atoms with van der Waals surface area (Å²) in [6.45, 7) is 7.03. The highest BCUT2D eigenvalue weighted by Gasteiger charge is 2.21. The van der Waals surface area contributed by atoms with Gasteiger partial charge in [0.1, 0.15) is 0 Å². The van der Waals surface area contributed by atoms with E-state index in [1.807, 2.05) is 6.92 Å². The van der Waals surface area contributed by atoms with E-state index >= 15 is 0 Å². The highest BCUT2D eigenvalue weighted by atomic mass is 127. The number of nitrogens with zero attached hydrogens (tertiary/aromatic N) is 4. The van der Waals surface area contributed by atoms with Crippen LogP contribution in [0, 0.1) is 6.92 Å². The molecule has 0 aliphatic carbocycles. The van der Waals surface area contributed by atoms with Crippen molar-refractivity contribution in [1.82, 2.24) is 20.4 Å². The van der Waals surface area contributed by atoms with Gasteiger partial charge in [-0.1, -0.05) is 5.16 Å². The fraction of sp³-hybridized carbons (Fsp3) is 0.769. The quantitative estimate of drug-likeness (QED) is 0.462. The van der Waals surface area contributed by atoms with E-state index in [2.05, 4.69) is 25.3 Å². The molecule has 0 spiro atoms. The summed E-state index contributed by atoms with van der Waals surface area (Å²) in [6, 6.07) is 0. The van der Waals surface area contributed by atoms with Gasteiger partial charge in [-0.25, -0.2) is 0 Å². The number of hydrogen-bond acceptors (Lipinski definition) is 5. The summed E-state index contributed by atoms with van der Waals surface area (Å²) in [5.74, 6) is 2.10. The van der Waals surface area contributed by atoms with Crippen LogP contribution in [0.3, 0.4) is 0 Å². The largest absolute Gasteiger partial charge is 0.378 e. The Hall–Kier alpha value is -0.900. The van der Waals surface area contributed by atoms with Crippen LogP contribution in [-0.4, -0.2) is 53.8 Å². The lowest BCUT2D eigenvalue weighted by Gasteiger charge is -2.33. The number of rotatable bonds is 4. The number of piperidine rings is 1. The van der Waals surface area contributed by atoms with Crippen molar-refractivity contribution >= 4 is 29.9 Å². The van der Waals surface area contributed by atoms with Crippen molar-refractivity contribution in [3.8, 4) is 0 Å². The average Bonchev–Trinajstić information content (AvgIpc) is 2.87. The van der Waals surface area contributed by atoms with Crippen molar-refractivity contribution in [3.63, 3.8) is 0 Å². The van der Waals surface area contributed by atoms with Crippen LogP contribution in [-0.2, 0) is 11.3 Å². The molecular formula is C13H24IN5O2. The van der Waals surface area contributed by atoms with Gasteiger partial charge in [0.05, 0.1) is 12.6 Å². The molecule has 1 aromatic heterocycles. The van der Waals surface area contributed by atoms with Gasteiger partial charge < -0.3 is 19.5 Å². The van der Waals surface area contributed by atoms with E-state index in [1.165, 1.54) is 0 Å². The molecule has 2 heterocycles. The van der Waals surface area contributed by atoms with E-state index in [0.717, 1.165) is 38.5 Å². The molecule has 1 N–H and O–H groups in total. The lowest BCUT2D eigenvalue weighted by Crippen LogP contribution is -2.46. The first-order chi connectivity index (χ1) is 9.72. The monoisotopic (exact) mass is 409 g/mol. The zero-order valence-corrected chi connectivity index (χ0v) is 15.2. The standard InChI is InChI=1S/C13H23N5O2.HI/c1-4-19-11-5-7-18(8-6-11)13(14-3)15-9-12-16-10(2)17-20-12;/h11H,4-9H2,1-3H3,(H,14,15);1H. The minimum Gasteiger partial charge on any atom is -0.378 e. The topological polar surface area (TPSA) is 75.8 Å². The minimum absolute atomic E-state index is 0. The summed E-state index contributed by atoms with van der Waals surface area (Å²) in [6.07, 6.45) is 2.45. The molecule has 0 aromatic carbocycles. The van der Waals surface area contributed by atoms with Crippen LogP contribution < -0.4 is 5.32 Å². The third-order valence-electron chi connectivity index (χ3n) is 3.32. The van der Waals surface area contributed by atoms with E-state index in [9.17, 15) is 0 Å². The van der Waals surface area contributed by atoms with Crippen LogP contribution >= 0.6 is 24.0 Å². The van der Waals surface area contributed by atoms with Crippen LogP contribution in [0.25, 0.3) is 0 Å². The first kappa shape index (κ1) is 18.1. The Morgan fingerprint density at radius 3 is 2.71 bits per heavy atom. The SMILES string of the molecule is CCOC1CCN(C(=NC)NCc2nc(C)no2)CC1.I. The number of aliphatic imine (C=N–C) groups is 1. The van der Waals surface area contributed by atoms with E-state index < -0.39 is 0 Å². The van der Waals surface area contributed by atoms with Crippen LogP contribution in [0.4, 0.5) is 0 Å². The zero-order valence-electron chi connectivity index (χ0n) is 12.8. The molecule has 0 unspecified atom stereocenters. The summed E-state index contributed by atoms with van der Waals surface area (Å²) in [5, 5.41) is 7.02. The van der Waals surface area contributed by atoms with E-state index in [-0.39, 0.29) is 24.0 Å². The fourth-order valence-electron chi connectivity index (χ4n) is 2.37. The highest BCUT2D eigenvalue weighted by Crippen LogP contribution is 2.13. The fourth-order valence-corrected chi connectivity index (χ4v) is 2.37. The molecule has 1 saturated heterocycles. The second-order valence-electron chi connectivity index (χ2n) is 4.78. The molecule has 120 valence electrons. The third kappa shape index (κ3) is 5.42. The lowest BCUT2D eigenvalue weighted by molar-refractivity contribution is 0.0263. The van der Waals surface area contributed by atoms with Crippen molar-refractivity contribution < 1.29 is 9.26 Å². The van der Waals surface area contributed by atoms with Gasteiger partial charge in [-0.3, -0.25) is 4.99 Å². The van der Waals surface area contributed by atoms with Gasteiger partial charge >= 0.3 is 0 Å². The number of guanidine groups is 1. The van der Waals surface area contributed by atoms with Crippen molar-refractivity contribution in [1.29, 1.82) is 0 Å². The molecule has 1 aliphatic heterocycles. The Balaban J connectivity index is 0.00000220. The van der Waals surface area contributed by atoms with Gasteiger partial charge in [-0.2, -0.15) is 4.98 Å². The Labute approximate surface area is 142 Å². The van der Waals surface area contributed by atoms with E-state index in [1.54, 1.807) is 14.0 Å². The van der Waals surface area contributed by atoms with Gasteiger partial charge in [0, 0.05) is 26.7 Å². The number of halogens is 1. The van der Waals surface area contributed by atoms with Gasteiger partial charge in [-0.15, -0.1) is 24.0 Å². The summed E-state index contributed by atoms with van der Waals surface area (Å²) in [7, 11) is 1.79. The lowest BCUT2D eigenvalue weighted by atomic mass is 10.1. The predicted molar refractivity (Wildman–Crippen MR) is 90.9 cm³/mol. The number of aryl methyl sites for hydroxylation is 1. The van der Waals surface area contributed by atoms with Gasteiger partial charge in [0.25, 0.3) is 0 Å². The second kappa shape index (κ2) is 9.19. The van der Waals surface area contributed by atoms with Gasteiger partial charge in [0.15, 0.2) is 11.8 Å². The van der Waals surface area contributed by atoms with Crippen LogP contribution in [0.5, 0.6) is 0 Å². The average molecular weight is 409 g/mol. The molecule has 8 heteroatoms. The summed E-state index contributed by atoms with van der Waals surface area (Å²) in [5.41, 5.74) is 0. The molecule has 1 fully saturated rings. The molecule has 0 atom stereocenters. The third-order valence-corrected chi connectivity index (χ3v) is 3.32. The van der Waals surface area contributed by atoms with Gasteiger partial charge in [-0.05, 0) is 26.7 Å². The summed E-state index contributed by atoms with van der Waals surface area (Å²) < 4.78 is 10.7. The molecule has 0 radical (unpaired) electrons. The van der Waals surface area contributed by atoms with Crippen molar-refractivity contribution in [2.24, 2.45) is 4.99 Å². The molecular weight excluding hydrogens is 385 g/mol. The maximum atomic E-state index is 5.66. The Morgan fingerprint density at radius 2 is 2.19 bits per heavy atom.